The molecular weight excluding hydrogens is 328 g/mol. The largest absolute Gasteiger partial charge is 0.489 e. The molecule has 0 aliphatic heterocycles. The lowest BCUT2D eigenvalue weighted by molar-refractivity contribution is 0.425. The second-order valence-electron chi connectivity index (χ2n) is 4.89. The van der Waals surface area contributed by atoms with Crippen molar-refractivity contribution in [2.24, 2.45) is 5.10 Å². The molecule has 0 saturated carbocycles. The monoisotopic (exact) mass is 341 g/mol. The summed E-state index contributed by atoms with van der Waals surface area (Å²) in [6.45, 7) is 0. The number of nitrogens with zero attached hydrogens (tertiary/aromatic N) is 2. The number of hydrazone groups is 1. The molecule has 3 N–H and O–H groups in total. The first kappa shape index (κ1) is 16.3. The van der Waals surface area contributed by atoms with Crippen molar-refractivity contribution in [3.63, 3.8) is 0 Å². The quantitative estimate of drug-likeness (QED) is 0.377. The van der Waals surface area contributed by atoms with Crippen LogP contribution in [0.1, 0.15) is 5.56 Å². The van der Waals surface area contributed by atoms with Crippen molar-refractivity contribution in [1.82, 2.24) is 4.98 Å². The van der Waals surface area contributed by atoms with E-state index in [9.17, 15) is 14.4 Å². The molecule has 0 amide bonds. The molecule has 0 aliphatic carbocycles. The van der Waals surface area contributed by atoms with E-state index in [1.54, 1.807) is 0 Å². The van der Waals surface area contributed by atoms with Crippen molar-refractivity contribution in [3.05, 3.63) is 65.3 Å². The predicted octanol–water partition coefficient (Wildman–Crippen LogP) is 2.07. The molecule has 8 heteroatoms. The first-order chi connectivity index (χ1) is 11.6. The van der Waals surface area contributed by atoms with Crippen LogP contribution in [0.2, 0.25) is 0 Å². The topological polar surface area (TPSA) is 77.7 Å². The van der Waals surface area contributed by atoms with E-state index < -0.39 is 12.9 Å². The Morgan fingerprint density at radius 1 is 1.12 bits per heavy atom. The van der Waals surface area contributed by atoms with E-state index in [-0.39, 0.29) is 11.0 Å². The average molecular weight is 341 g/mol. The molecule has 5 nitrogen and oxygen atoms in total. The number of halogens is 1. The number of nitrogens with one attached hydrogen (secondary N) is 1. The Labute approximate surface area is 142 Å². The van der Waals surface area contributed by atoms with Crippen LogP contribution in [0.5, 0.6) is 0 Å². The highest BCUT2D eigenvalue weighted by Gasteiger charge is 2.17. The number of aromatic nitrogens is 1. The summed E-state index contributed by atoms with van der Waals surface area (Å²) < 4.78 is 13.8. The molecule has 120 valence electrons. The number of rotatable bonds is 5. The minimum atomic E-state index is -1.77. The molecule has 0 bridgehead atoms. The van der Waals surface area contributed by atoms with Crippen LogP contribution < -0.4 is 10.9 Å². The molecule has 1 heterocycles. The molecule has 0 fully saturated rings. The first-order valence-electron chi connectivity index (χ1n) is 7.09. The summed E-state index contributed by atoms with van der Waals surface area (Å²) in [5, 5.41) is 24.9. The van der Waals surface area contributed by atoms with E-state index >= 15 is 0 Å². The Hall–Kier alpha value is -2.55. The Morgan fingerprint density at radius 3 is 2.67 bits per heavy atom. The normalized spacial score (nSPS) is 11.0. The molecule has 0 unspecified atom stereocenters. The van der Waals surface area contributed by atoms with Gasteiger partial charge in [0.15, 0.2) is 0 Å². The van der Waals surface area contributed by atoms with Crippen LogP contribution in [-0.2, 0) is 0 Å². The zero-order chi connectivity index (χ0) is 16.9. The number of thiazole rings is 1. The fraction of sp³-hybridized carbons (Fsp3) is 0. The molecule has 0 spiro atoms. The molecule has 0 atom stereocenters. The van der Waals surface area contributed by atoms with Crippen molar-refractivity contribution < 1.29 is 14.4 Å². The highest BCUT2D eigenvalue weighted by Crippen LogP contribution is 2.24. The predicted molar refractivity (Wildman–Crippen MR) is 95.0 cm³/mol. The molecular formula is C16H13BFN3O2S. The maximum atomic E-state index is 13.8. The van der Waals surface area contributed by atoms with Crippen LogP contribution in [0.15, 0.2) is 59.0 Å². The van der Waals surface area contributed by atoms with Gasteiger partial charge in [-0.3, -0.25) is 5.43 Å². The summed E-state index contributed by atoms with van der Waals surface area (Å²) in [7, 11) is -1.77. The van der Waals surface area contributed by atoms with Crippen LogP contribution in [0.25, 0.3) is 11.3 Å². The number of hydrogen-bond acceptors (Lipinski definition) is 6. The molecule has 0 saturated heterocycles. The van der Waals surface area contributed by atoms with Crippen molar-refractivity contribution in [2.45, 2.75) is 0 Å². The van der Waals surface area contributed by atoms with Gasteiger partial charge in [0, 0.05) is 16.5 Å². The molecule has 1 aromatic heterocycles. The number of hydrogen-bond donors (Lipinski definition) is 3. The van der Waals surface area contributed by atoms with Gasteiger partial charge in [-0.1, -0.05) is 42.5 Å². The Bertz CT molecular complexity index is 856. The third-order valence-electron chi connectivity index (χ3n) is 3.29. The summed E-state index contributed by atoms with van der Waals surface area (Å²) in [6, 6.07) is 13.8. The highest BCUT2D eigenvalue weighted by molar-refractivity contribution is 7.14. The van der Waals surface area contributed by atoms with Gasteiger partial charge in [-0.05, 0) is 11.5 Å². The molecule has 2 aromatic carbocycles. The lowest BCUT2D eigenvalue weighted by Gasteiger charge is -2.05. The molecule has 0 radical (unpaired) electrons. The second-order valence-corrected chi connectivity index (χ2v) is 5.75. The Kier molecular flexibility index (Phi) is 5.00. The van der Waals surface area contributed by atoms with Gasteiger partial charge in [-0.2, -0.15) is 5.10 Å². The lowest BCUT2D eigenvalue weighted by Crippen LogP contribution is -2.33. The number of benzene rings is 2. The van der Waals surface area contributed by atoms with Crippen LogP contribution in [0.3, 0.4) is 0 Å². The zero-order valence-corrected chi connectivity index (χ0v) is 13.2. The van der Waals surface area contributed by atoms with Crippen molar-refractivity contribution >= 4 is 35.3 Å². The standard InChI is InChI=1S/C16H13BFN3O2S/c18-14-8-4-7-13(17(22)23)12(14)9-19-21-16-20-15(10-24-16)11-5-2-1-3-6-11/h1-10,22-23H,(H,20,21). The molecule has 3 rings (SSSR count). The van der Waals surface area contributed by atoms with Crippen LogP contribution >= 0.6 is 11.3 Å². The third kappa shape index (κ3) is 3.68. The maximum absolute atomic E-state index is 13.8. The first-order valence-corrected chi connectivity index (χ1v) is 7.97. The molecule has 0 aliphatic rings. The fourth-order valence-electron chi connectivity index (χ4n) is 2.13. The smallest absolute Gasteiger partial charge is 0.423 e. The van der Waals surface area contributed by atoms with Gasteiger partial charge in [-0.15, -0.1) is 11.3 Å². The molecule has 24 heavy (non-hydrogen) atoms. The van der Waals surface area contributed by atoms with Crippen molar-refractivity contribution in [2.75, 3.05) is 5.43 Å². The Morgan fingerprint density at radius 2 is 1.92 bits per heavy atom. The maximum Gasteiger partial charge on any atom is 0.489 e. The van der Waals surface area contributed by atoms with Gasteiger partial charge in [0.05, 0.1) is 11.9 Å². The average Bonchev–Trinajstić information content (AvgIpc) is 3.06. The van der Waals surface area contributed by atoms with E-state index in [0.717, 1.165) is 11.3 Å². The summed E-state index contributed by atoms with van der Waals surface area (Å²) >= 11 is 1.37. The van der Waals surface area contributed by atoms with Gasteiger partial charge in [0.25, 0.3) is 0 Å². The minimum absolute atomic E-state index is 0.0137. The van der Waals surface area contributed by atoms with Crippen LogP contribution in [-0.4, -0.2) is 28.4 Å². The van der Waals surface area contributed by atoms with E-state index in [0.29, 0.717) is 5.13 Å². The highest BCUT2D eigenvalue weighted by atomic mass is 32.1. The van der Waals surface area contributed by atoms with Gasteiger partial charge in [-0.25, -0.2) is 9.37 Å². The summed E-state index contributed by atoms with van der Waals surface area (Å²) in [5.41, 5.74) is 4.59. The van der Waals surface area contributed by atoms with Crippen LogP contribution in [0, 0.1) is 5.82 Å². The van der Waals surface area contributed by atoms with Gasteiger partial charge in [0.1, 0.15) is 5.82 Å². The van der Waals surface area contributed by atoms with E-state index in [1.165, 1.54) is 35.8 Å². The van der Waals surface area contributed by atoms with E-state index in [2.05, 4.69) is 15.5 Å². The summed E-state index contributed by atoms with van der Waals surface area (Å²) in [5.74, 6) is -0.588. The molecule has 3 aromatic rings. The summed E-state index contributed by atoms with van der Waals surface area (Å²) in [4.78, 5) is 4.39. The minimum Gasteiger partial charge on any atom is -0.423 e. The SMILES string of the molecule is OB(O)c1cccc(F)c1C=NNc1nc(-c2ccccc2)cs1. The fourth-order valence-corrected chi connectivity index (χ4v) is 2.80. The van der Waals surface area contributed by atoms with Crippen molar-refractivity contribution in [3.8, 4) is 11.3 Å². The second kappa shape index (κ2) is 7.35. The van der Waals surface area contributed by atoms with E-state index in [4.69, 9.17) is 0 Å². The van der Waals surface area contributed by atoms with Gasteiger partial charge < -0.3 is 10.0 Å². The van der Waals surface area contributed by atoms with Crippen molar-refractivity contribution in [1.29, 1.82) is 0 Å². The third-order valence-corrected chi connectivity index (χ3v) is 4.04. The Balaban J connectivity index is 1.75. The number of anilines is 1. The lowest BCUT2D eigenvalue weighted by atomic mass is 9.77. The van der Waals surface area contributed by atoms with E-state index in [1.807, 2.05) is 35.7 Å². The van der Waals surface area contributed by atoms with Gasteiger partial charge >= 0.3 is 7.12 Å². The van der Waals surface area contributed by atoms with Crippen LogP contribution in [0.4, 0.5) is 9.52 Å². The zero-order valence-electron chi connectivity index (χ0n) is 12.4. The van der Waals surface area contributed by atoms with Gasteiger partial charge in [0.2, 0.25) is 5.13 Å². The summed E-state index contributed by atoms with van der Waals surface area (Å²) in [6.07, 6.45) is 1.20.